The lowest BCUT2D eigenvalue weighted by Gasteiger charge is -2.13. The number of aryl methyl sites for hydroxylation is 1. The summed E-state index contributed by atoms with van der Waals surface area (Å²) in [6.07, 6.45) is 3.47. The molecule has 2 aromatic rings. The van der Waals surface area contributed by atoms with Gasteiger partial charge in [0.25, 0.3) is 0 Å². The quantitative estimate of drug-likeness (QED) is 0.598. The van der Waals surface area contributed by atoms with Crippen molar-refractivity contribution in [3.8, 4) is 11.3 Å². The molecule has 0 saturated heterocycles. The van der Waals surface area contributed by atoms with E-state index < -0.39 is 21.9 Å². The van der Waals surface area contributed by atoms with Gasteiger partial charge >= 0.3 is 16.9 Å². The molecule has 0 unspecified atom stereocenters. The molecule has 0 atom stereocenters. The van der Waals surface area contributed by atoms with E-state index in [9.17, 15) is 19.7 Å². The van der Waals surface area contributed by atoms with Crippen molar-refractivity contribution < 1.29 is 4.92 Å². The Balaban J connectivity index is 2.95. The predicted octanol–water partition coefficient (Wildman–Crippen LogP) is 0.749. The van der Waals surface area contributed by atoms with Crippen LogP contribution in [0.4, 0.5) is 5.69 Å². The highest BCUT2D eigenvalue weighted by Gasteiger charge is 2.28. The molecule has 0 aliphatic carbocycles. The van der Waals surface area contributed by atoms with Gasteiger partial charge in [-0.15, -0.1) is 0 Å². The molecule has 0 spiro atoms. The van der Waals surface area contributed by atoms with E-state index in [1.165, 1.54) is 21.6 Å². The summed E-state index contributed by atoms with van der Waals surface area (Å²) in [4.78, 5) is 35.5. The minimum atomic E-state index is -0.875. The van der Waals surface area contributed by atoms with Crippen LogP contribution in [0.5, 0.6) is 0 Å². The molecular formula is C13H17N5O4. The number of nitro groups is 1. The van der Waals surface area contributed by atoms with Crippen LogP contribution in [-0.2, 0) is 20.1 Å². The molecule has 2 heterocycles. The Morgan fingerprint density at radius 3 is 2.41 bits per heavy atom. The Morgan fingerprint density at radius 2 is 1.95 bits per heavy atom. The number of nitrogens with zero attached hydrogens (tertiary/aromatic N) is 5. The molecule has 2 rings (SSSR count). The molecule has 2 aromatic heterocycles. The van der Waals surface area contributed by atoms with Crippen LogP contribution in [0.15, 0.2) is 22.0 Å². The Morgan fingerprint density at radius 1 is 1.27 bits per heavy atom. The minimum absolute atomic E-state index is 0.00273. The molecule has 118 valence electrons. The molecule has 9 heteroatoms. The molecule has 0 aromatic carbocycles. The summed E-state index contributed by atoms with van der Waals surface area (Å²) >= 11 is 0. The zero-order valence-corrected chi connectivity index (χ0v) is 12.6. The standard InChI is InChI=1S/C13H17N5O4/c1-4-6-17-12(19)11(18(21)22)10(16(5-2)13(17)20)9-7-14-15(3)8-9/h7-8H,4-6H2,1-3H3. The van der Waals surface area contributed by atoms with Gasteiger partial charge in [-0.3, -0.25) is 28.7 Å². The van der Waals surface area contributed by atoms with Crippen molar-refractivity contribution in [1.29, 1.82) is 0 Å². The Hall–Kier alpha value is -2.71. The Bertz CT molecular complexity index is 830. The SMILES string of the molecule is CCCn1c(=O)c([N+](=O)[O-])c(-c2cnn(C)c2)n(CC)c1=O. The van der Waals surface area contributed by atoms with Crippen molar-refractivity contribution in [3.63, 3.8) is 0 Å². The second-order valence-corrected chi connectivity index (χ2v) is 4.84. The van der Waals surface area contributed by atoms with E-state index in [1.807, 2.05) is 0 Å². The van der Waals surface area contributed by atoms with E-state index in [4.69, 9.17) is 0 Å². The van der Waals surface area contributed by atoms with Crippen LogP contribution in [-0.4, -0.2) is 23.8 Å². The van der Waals surface area contributed by atoms with Crippen molar-refractivity contribution in [1.82, 2.24) is 18.9 Å². The second kappa shape index (κ2) is 5.96. The summed E-state index contributed by atoms with van der Waals surface area (Å²) in [5.74, 6) is 0. The van der Waals surface area contributed by atoms with Crippen LogP contribution in [0.1, 0.15) is 20.3 Å². The number of hydrogen-bond acceptors (Lipinski definition) is 5. The van der Waals surface area contributed by atoms with Crippen LogP contribution in [0.25, 0.3) is 11.3 Å². The van der Waals surface area contributed by atoms with Crippen LogP contribution in [0.3, 0.4) is 0 Å². The second-order valence-electron chi connectivity index (χ2n) is 4.84. The molecule has 0 amide bonds. The predicted molar refractivity (Wildman–Crippen MR) is 79.8 cm³/mol. The molecule has 22 heavy (non-hydrogen) atoms. The number of aromatic nitrogens is 4. The summed E-state index contributed by atoms with van der Waals surface area (Å²) in [6, 6.07) is 0. The Labute approximate surface area is 125 Å². The average Bonchev–Trinajstić information content (AvgIpc) is 2.88. The third-order valence-corrected chi connectivity index (χ3v) is 3.33. The molecule has 9 nitrogen and oxygen atoms in total. The van der Waals surface area contributed by atoms with Gasteiger partial charge in [-0.2, -0.15) is 5.10 Å². The maximum Gasteiger partial charge on any atom is 0.358 e. The van der Waals surface area contributed by atoms with Gasteiger partial charge in [0.1, 0.15) is 5.69 Å². The molecule has 0 radical (unpaired) electrons. The van der Waals surface area contributed by atoms with E-state index in [1.54, 1.807) is 20.9 Å². The number of rotatable bonds is 5. The normalized spacial score (nSPS) is 10.9. The molecular weight excluding hydrogens is 290 g/mol. The molecule has 0 aliphatic heterocycles. The monoisotopic (exact) mass is 307 g/mol. The molecule has 0 saturated carbocycles. The minimum Gasteiger partial charge on any atom is -0.287 e. The first-order valence-electron chi connectivity index (χ1n) is 6.93. The highest BCUT2D eigenvalue weighted by molar-refractivity contribution is 5.68. The summed E-state index contributed by atoms with van der Waals surface area (Å²) in [5, 5.41) is 15.4. The molecule has 0 fully saturated rings. The Kier molecular flexibility index (Phi) is 4.25. The fourth-order valence-electron chi connectivity index (χ4n) is 2.40. The van der Waals surface area contributed by atoms with Gasteiger partial charge in [0, 0.05) is 31.9 Å². The highest BCUT2D eigenvalue weighted by Crippen LogP contribution is 2.25. The van der Waals surface area contributed by atoms with Crippen LogP contribution in [0, 0.1) is 10.1 Å². The fraction of sp³-hybridized carbons (Fsp3) is 0.462. The lowest BCUT2D eigenvalue weighted by molar-refractivity contribution is -0.386. The van der Waals surface area contributed by atoms with E-state index in [0.29, 0.717) is 12.0 Å². The first-order chi connectivity index (χ1) is 10.4. The lowest BCUT2D eigenvalue weighted by atomic mass is 10.2. The van der Waals surface area contributed by atoms with Crippen LogP contribution in [0.2, 0.25) is 0 Å². The topological polar surface area (TPSA) is 105 Å². The third-order valence-electron chi connectivity index (χ3n) is 3.33. The summed E-state index contributed by atoms with van der Waals surface area (Å²) in [5.41, 5.74) is -1.64. The maximum absolute atomic E-state index is 12.5. The summed E-state index contributed by atoms with van der Waals surface area (Å²) in [7, 11) is 1.65. The van der Waals surface area contributed by atoms with Gasteiger partial charge in [0.2, 0.25) is 0 Å². The summed E-state index contributed by atoms with van der Waals surface area (Å²) in [6.45, 7) is 3.86. The van der Waals surface area contributed by atoms with Crippen molar-refractivity contribution in [2.75, 3.05) is 0 Å². The smallest absolute Gasteiger partial charge is 0.287 e. The van der Waals surface area contributed by atoms with Gasteiger partial charge in [-0.25, -0.2) is 4.79 Å². The molecule has 0 bridgehead atoms. The van der Waals surface area contributed by atoms with Gasteiger partial charge < -0.3 is 0 Å². The van der Waals surface area contributed by atoms with Gasteiger partial charge in [0.05, 0.1) is 11.1 Å². The average molecular weight is 307 g/mol. The van der Waals surface area contributed by atoms with Crippen molar-refractivity contribution >= 4 is 5.69 Å². The largest absolute Gasteiger partial charge is 0.358 e. The van der Waals surface area contributed by atoms with E-state index in [2.05, 4.69) is 5.10 Å². The first kappa shape index (κ1) is 15.7. The van der Waals surface area contributed by atoms with Gasteiger partial charge in [-0.1, -0.05) is 6.92 Å². The maximum atomic E-state index is 12.5. The van der Waals surface area contributed by atoms with Gasteiger partial charge in [-0.05, 0) is 13.3 Å². The zero-order chi connectivity index (χ0) is 16.4. The highest BCUT2D eigenvalue weighted by atomic mass is 16.6. The van der Waals surface area contributed by atoms with Gasteiger partial charge in [0.15, 0.2) is 0 Å². The molecule has 0 aliphatic rings. The van der Waals surface area contributed by atoms with Crippen molar-refractivity contribution in [2.45, 2.75) is 33.4 Å². The first-order valence-corrected chi connectivity index (χ1v) is 6.93. The zero-order valence-electron chi connectivity index (χ0n) is 12.6. The van der Waals surface area contributed by atoms with Crippen molar-refractivity contribution in [2.24, 2.45) is 7.05 Å². The molecule has 0 N–H and O–H groups in total. The van der Waals surface area contributed by atoms with Crippen molar-refractivity contribution in [3.05, 3.63) is 43.3 Å². The fourth-order valence-corrected chi connectivity index (χ4v) is 2.40. The van der Waals surface area contributed by atoms with E-state index in [-0.39, 0.29) is 18.8 Å². The van der Waals surface area contributed by atoms with Crippen LogP contribution < -0.4 is 11.2 Å². The summed E-state index contributed by atoms with van der Waals surface area (Å²) < 4.78 is 3.62. The van der Waals surface area contributed by atoms with E-state index in [0.717, 1.165) is 4.57 Å². The number of hydrogen-bond donors (Lipinski definition) is 0. The third kappa shape index (κ3) is 2.45. The lowest BCUT2D eigenvalue weighted by Crippen LogP contribution is -2.41. The van der Waals surface area contributed by atoms with E-state index >= 15 is 0 Å². The van der Waals surface area contributed by atoms with Crippen LogP contribution >= 0.6 is 0 Å².